The van der Waals surface area contributed by atoms with Gasteiger partial charge in [0.25, 0.3) is 0 Å². The number of carbonyl (C=O) groups excluding carboxylic acids is 1. The lowest BCUT2D eigenvalue weighted by Gasteiger charge is -2.15. The second-order valence-electron chi connectivity index (χ2n) is 3.54. The molecular weight excluding hydrogens is 196 g/mol. The first-order valence-electron chi connectivity index (χ1n) is 5.19. The summed E-state index contributed by atoms with van der Waals surface area (Å²) in [6, 6.07) is 0.131. The molecule has 84 valence electrons. The van der Waals surface area contributed by atoms with E-state index in [9.17, 15) is 4.79 Å². The van der Waals surface area contributed by atoms with Crippen molar-refractivity contribution in [2.45, 2.75) is 39.8 Å². The maximum Gasteiger partial charge on any atom is 0.237 e. The van der Waals surface area contributed by atoms with E-state index in [0.717, 1.165) is 18.1 Å². The Morgan fingerprint density at radius 2 is 2.00 bits per heavy atom. The van der Waals surface area contributed by atoms with Gasteiger partial charge in [0.1, 0.15) is 0 Å². The van der Waals surface area contributed by atoms with Crippen molar-refractivity contribution in [1.29, 1.82) is 0 Å². The molecule has 0 bridgehead atoms. The SMILES string of the molecule is CCSCCNC(C)C(=O)NC(C)C. The lowest BCUT2D eigenvalue weighted by atomic mass is 10.3. The van der Waals surface area contributed by atoms with Gasteiger partial charge in [0.15, 0.2) is 0 Å². The number of hydrogen-bond acceptors (Lipinski definition) is 3. The predicted molar refractivity (Wildman–Crippen MR) is 63.7 cm³/mol. The molecule has 0 fully saturated rings. The average molecular weight is 218 g/mol. The van der Waals surface area contributed by atoms with Crippen LogP contribution >= 0.6 is 11.8 Å². The van der Waals surface area contributed by atoms with Crippen molar-refractivity contribution in [2.24, 2.45) is 0 Å². The third-order valence-electron chi connectivity index (χ3n) is 1.73. The molecule has 2 N–H and O–H groups in total. The van der Waals surface area contributed by atoms with E-state index >= 15 is 0 Å². The molecule has 3 nitrogen and oxygen atoms in total. The topological polar surface area (TPSA) is 41.1 Å². The highest BCUT2D eigenvalue weighted by molar-refractivity contribution is 7.99. The molecule has 1 amide bonds. The van der Waals surface area contributed by atoms with Gasteiger partial charge in [0, 0.05) is 18.3 Å². The predicted octanol–water partition coefficient (Wildman–Crippen LogP) is 1.24. The Labute approximate surface area is 91.4 Å². The van der Waals surface area contributed by atoms with Gasteiger partial charge in [-0.1, -0.05) is 6.92 Å². The molecule has 0 rings (SSSR count). The van der Waals surface area contributed by atoms with Crippen molar-refractivity contribution >= 4 is 17.7 Å². The second-order valence-corrected chi connectivity index (χ2v) is 4.93. The van der Waals surface area contributed by atoms with Crippen LogP contribution in [0, 0.1) is 0 Å². The van der Waals surface area contributed by atoms with E-state index in [1.165, 1.54) is 0 Å². The van der Waals surface area contributed by atoms with Gasteiger partial charge in [-0.05, 0) is 26.5 Å². The lowest BCUT2D eigenvalue weighted by molar-refractivity contribution is -0.123. The Morgan fingerprint density at radius 1 is 1.36 bits per heavy atom. The summed E-state index contributed by atoms with van der Waals surface area (Å²) < 4.78 is 0. The lowest BCUT2D eigenvalue weighted by Crippen LogP contribution is -2.45. The minimum atomic E-state index is -0.0881. The molecule has 4 heteroatoms. The largest absolute Gasteiger partial charge is 0.353 e. The van der Waals surface area contributed by atoms with Crippen LogP contribution in [-0.4, -0.2) is 36.0 Å². The molecule has 0 heterocycles. The van der Waals surface area contributed by atoms with Crippen LogP contribution in [0.5, 0.6) is 0 Å². The number of rotatable bonds is 7. The first-order valence-corrected chi connectivity index (χ1v) is 6.34. The summed E-state index contributed by atoms with van der Waals surface area (Å²) in [5, 5.41) is 6.06. The van der Waals surface area contributed by atoms with Gasteiger partial charge >= 0.3 is 0 Å². The first-order chi connectivity index (χ1) is 6.57. The second kappa shape index (κ2) is 8.12. The highest BCUT2D eigenvalue weighted by Gasteiger charge is 2.11. The van der Waals surface area contributed by atoms with E-state index in [2.05, 4.69) is 17.6 Å². The summed E-state index contributed by atoms with van der Waals surface area (Å²) >= 11 is 1.88. The molecule has 14 heavy (non-hydrogen) atoms. The zero-order chi connectivity index (χ0) is 11.0. The van der Waals surface area contributed by atoms with E-state index in [0.29, 0.717) is 0 Å². The third-order valence-corrected chi connectivity index (χ3v) is 2.63. The molecule has 0 aliphatic heterocycles. The van der Waals surface area contributed by atoms with Gasteiger partial charge in [0.2, 0.25) is 5.91 Å². The quantitative estimate of drug-likeness (QED) is 0.632. The molecule has 0 aromatic heterocycles. The van der Waals surface area contributed by atoms with Crippen LogP contribution in [0.4, 0.5) is 0 Å². The van der Waals surface area contributed by atoms with E-state index in [1.54, 1.807) is 0 Å². The molecule has 0 aromatic rings. The van der Waals surface area contributed by atoms with Crippen molar-refractivity contribution < 1.29 is 4.79 Å². The summed E-state index contributed by atoms with van der Waals surface area (Å²) in [7, 11) is 0. The molecule has 0 aliphatic rings. The monoisotopic (exact) mass is 218 g/mol. The Hall–Kier alpha value is -0.220. The number of nitrogens with one attached hydrogen (secondary N) is 2. The molecule has 0 spiro atoms. The van der Waals surface area contributed by atoms with Crippen LogP contribution in [-0.2, 0) is 4.79 Å². The normalized spacial score (nSPS) is 12.9. The summed E-state index contributed by atoms with van der Waals surface area (Å²) in [5.74, 6) is 2.28. The van der Waals surface area contributed by atoms with Gasteiger partial charge < -0.3 is 10.6 Å². The summed E-state index contributed by atoms with van der Waals surface area (Å²) in [5.41, 5.74) is 0. The smallest absolute Gasteiger partial charge is 0.237 e. The number of thioether (sulfide) groups is 1. The van der Waals surface area contributed by atoms with E-state index in [4.69, 9.17) is 0 Å². The van der Waals surface area contributed by atoms with Gasteiger partial charge in [0.05, 0.1) is 6.04 Å². The van der Waals surface area contributed by atoms with E-state index < -0.39 is 0 Å². The average Bonchev–Trinajstić information content (AvgIpc) is 2.11. The van der Waals surface area contributed by atoms with E-state index in [-0.39, 0.29) is 18.0 Å². The molecule has 0 radical (unpaired) electrons. The summed E-state index contributed by atoms with van der Waals surface area (Å²) in [6.45, 7) is 8.87. The first kappa shape index (κ1) is 13.8. The molecule has 0 saturated heterocycles. The van der Waals surface area contributed by atoms with Crippen LogP contribution in [0.15, 0.2) is 0 Å². The van der Waals surface area contributed by atoms with Crippen molar-refractivity contribution in [3.05, 3.63) is 0 Å². The standard InChI is InChI=1S/C10H22N2OS/c1-5-14-7-6-11-9(4)10(13)12-8(2)3/h8-9,11H,5-7H2,1-4H3,(H,12,13). The van der Waals surface area contributed by atoms with Crippen molar-refractivity contribution in [3.63, 3.8) is 0 Å². The van der Waals surface area contributed by atoms with Crippen LogP contribution < -0.4 is 10.6 Å². The fraction of sp³-hybridized carbons (Fsp3) is 0.900. The van der Waals surface area contributed by atoms with Gasteiger partial charge in [-0.15, -0.1) is 0 Å². The molecule has 0 aliphatic carbocycles. The molecule has 0 saturated carbocycles. The minimum absolute atomic E-state index is 0.0847. The Kier molecular flexibility index (Phi) is 7.99. The molecule has 1 atom stereocenters. The molecular formula is C10H22N2OS. The number of carbonyl (C=O) groups is 1. The fourth-order valence-electron chi connectivity index (χ4n) is 0.994. The molecule has 1 unspecified atom stereocenters. The van der Waals surface area contributed by atoms with Gasteiger partial charge in [-0.3, -0.25) is 4.79 Å². The van der Waals surface area contributed by atoms with Gasteiger partial charge in [-0.2, -0.15) is 11.8 Å². The van der Waals surface area contributed by atoms with Crippen molar-refractivity contribution in [2.75, 3.05) is 18.1 Å². The minimum Gasteiger partial charge on any atom is -0.353 e. The maximum atomic E-state index is 11.4. The van der Waals surface area contributed by atoms with Crippen LogP contribution in [0.25, 0.3) is 0 Å². The summed E-state index contributed by atoms with van der Waals surface area (Å²) in [6.07, 6.45) is 0. The Bertz CT molecular complexity index is 162. The highest BCUT2D eigenvalue weighted by Crippen LogP contribution is 1.95. The summed E-state index contributed by atoms with van der Waals surface area (Å²) in [4.78, 5) is 11.4. The van der Waals surface area contributed by atoms with Crippen LogP contribution in [0.3, 0.4) is 0 Å². The zero-order valence-corrected chi connectivity index (χ0v) is 10.4. The maximum absolute atomic E-state index is 11.4. The van der Waals surface area contributed by atoms with E-state index in [1.807, 2.05) is 32.5 Å². The third kappa shape index (κ3) is 7.21. The highest BCUT2D eigenvalue weighted by atomic mass is 32.2. The Balaban J connectivity index is 3.52. The van der Waals surface area contributed by atoms with Crippen molar-refractivity contribution in [3.8, 4) is 0 Å². The van der Waals surface area contributed by atoms with Crippen LogP contribution in [0.2, 0.25) is 0 Å². The van der Waals surface area contributed by atoms with Crippen LogP contribution in [0.1, 0.15) is 27.7 Å². The Morgan fingerprint density at radius 3 is 2.50 bits per heavy atom. The fourth-order valence-corrected chi connectivity index (χ4v) is 1.55. The molecule has 0 aromatic carbocycles. The number of hydrogen-bond donors (Lipinski definition) is 2. The van der Waals surface area contributed by atoms with Gasteiger partial charge in [-0.25, -0.2) is 0 Å². The zero-order valence-electron chi connectivity index (χ0n) is 9.59. The number of amides is 1. The van der Waals surface area contributed by atoms with Crippen molar-refractivity contribution in [1.82, 2.24) is 10.6 Å².